The Morgan fingerprint density at radius 2 is 1.77 bits per heavy atom. The number of hydrogen-bond donors (Lipinski definition) is 1. The largest absolute Gasteiger partial charge is 0.491 e. The van der Waals surface area contributed by atoms with Gasteiger partial charge in [-0.3, -0.25) is 4.79 Å². The fraction of sp³-hybridized carbons (Fsp3) is 0.379. The van der Waals surface area contributed by atoms with Crippen LogP contribution in [-0.2, 0) is 27.2 Å². The Kier molecular flexibility index (Phi) is 9.67. The summed E-state index contributed by atoms with van der Waals surface area (Å²) in [4.78, 5) is 16.1. The van der Waals surface area contributed by atoms with Gasteiger partial charge >= 0.3 is 5.97 Å². The van der Waals surface area contributed by atoms with Crippen LogP contribution >= 0.6 is 0 Å². The lowest BCUT2D eigenvalue weighted by Gasteiger charge is -2.15. The van der Waals surface area contributed by atoms with E-state index < -0.39 is 0 Å². The number of aromatic nitrogens is 1. The van der Waals surface area contributed by atoms with Crippen LogP contribution in [0.5, 0.6) is 5.75 Å². The van der Waals surface area contributed by atoms with Crippen LogP contribution in [0.3, 0.4) is 0 Å². The van der Waals surface area contributed by atoms with Gasteiger partial charge in [-0.2, -0.15) is 0 Å². The number of carbonyl (C=O) groups is 1. The van der Waals surface area contributed by atoms with Gasteiger partial charge in [-0.15, -0.1) is 0 Å². The maximum atomic E-state index is 11.4. The number of anilines is 1. The van der Waals surface area contributed by atoms with Crippen LogP contribution in [0.4, 0.5) is 5.82 Å². The van der Waals surface area contributed by atoms with Crippen molar-refractivity contribution in [1.82, 2.24) is 4.98 Å². The average Bonchev–Trinajstić information content (AvgIpc) is 2.84. The molecule has 35 heavy (non-hydrogen) atoms. The Hall–Kier alpha value is -3.38. The van der Waals surface area contributed by atoms with Crippen LogP contribution in [0.2, 0.25) is 0 Å². The molecule has 0 amide bonds. The molecule has 0 radical (unpaired) electrons. The highest BCUT2D eigenvalue weighted by atomic mass is 16.5. The summed E-state index contributed by atoms with van der Waals surface area (Å²) >= 11 is 0. The average molecular weight is 477 g/mol. The van der Waals surface area contributed by atoms with Crippen molar-refractivity contribution >= 4 is 11.8 Å². The van der Waals surface area contributed by atoms with Crippen molar-refractivity contribution in [2.24, 2.45) is 0 Å². The standard InChI is InChI=1S/C29H36N2O4/c1-6-34-14-15-35-26-16-20(2)29(21(3)17-26)25-9-7-8-23(18-25)19-30-27-12-10-24(22(4)31-27)11-13-28(32)33-5/h7-10,12,16-18H,6,11,13-15,19H2,1-5H3,(H,30,31). The second kappa shape index (κ2) is 12.9. The molecule has 0 fully saturated rings. The van der Waals surface area contributed by atoms with E-state index in [4.69, 9.17) is 14.2 Å². The van der Waals surface area contributed by atoms with Gasteiger partial charge in [0.05, 0.1) is 13.7 Å². The molecule has 0 bridgehead atoms. The summed E-state index contributed by atoms with van der Waals surface area (Å²) in [6.45, 7) is 10.7. The third-order valence-electron chi connectivity index (χ3n) is 5.92. The molecule has 0 saturated heterocycles. The Bertz CT molecular complexity index is 1120. The topological polar surface area (TPSA) is 69.7 Å². The van der Waals surface area contributed by atoms with E-state index in [9.17, 15) is 4.79 Å². The molecule has 1 heterocycles. The first kappa shape index (κ1) is 26.2. The predicted molar refractivity (Wildman–Crippen MR) is 140 cm³/mol. The predicted octanol–water partition coefficient (Wildman–Crippen LogP) is 5.81. The SMILES string of the molecule is CCOCCOc1cc(C)c(-c2cccc(CNc3ccc(CCC(=O)OC)c(C)n3)c2)c(C)c1. The molecule has 0 aliphatic heterocycles. The van der Waals surface area contributed by atoms with Gasteiger partial charge in [0, 0.05) is 25.3 Å². The van der Waals surface area contributed by atoms with Crippen LogP contribution in [0.1, 0.15) is 41.3 Å². The van der Waals surface area contributed by atoms with E-state index in [0.29, 0.717) is 39.2 Å². The monoisotopic (exact) mass is 476 g/mol. The van der Waals surface area contributed by atoms with Crippen LogP contribution in [0.25, 0.3) is 11.1 Å². The van der Waals surface area contributed by atoms with Crippen LogP contribution in [0.15, 0.2) is 48.5 Å². The molecule has 0 saturated carbocycles. The minimum Gasteiger partial charge on any atom is -0.491 e. The number of hydrogen-bond acceptors (Lipinski definition) is 6. The van der Waals surface area contributed by atoms with E-state index in [0.717, 1.165) is 22.8 Å². The molecule has 3 rings (SSSR count). The highest BCUT2D eigenvalue weighted by molar-refractivity contribution is 5.72. The molecule has 186 valence electrons. The fourth-order valence-electron chi connectivity index (χ4n) is 4.15. The van der Waals surface area contributed by atoms with E-state index >= 15 is 0 Å². The van der Waals surface area contributed by atoms with Gasteiger partial charge < -0.3 is 19.5 Å². The smallest absolute Gasteiger partial charge is 0.305 e. The summed E-state index contributed by atoms with van der Waals surface area (Å²) < 4.78 is 15.9. The Morgan fingerprint density at radius 3 is 2.46 bits per heavy atom. The summed E-state index contributed by atoms with van der Waals surface area (Å²) in [6.07, 6.45) is 0.987. The van der Waals surface area contributed by atoms with E-state index in [2.05, 4.69) is 60.5 Å². The number of esters is 1. The lowest BCUT2D eigenvalue weighted by atomic mass is 9.94. The van der Waals surface area contributed by atoms with Gasteiger partial charge in [-0.25, -0.2) is 4.98 Å². The van der Waals surface area contributed by atoms with E-state index in [-0.39, 0.29) is 5.97 Å². The number of nitrogens with zero attached hydrogens (tertiary/aromatic N) is 1. The van der Waals surface area contributed by atoms with Crippen LogP contribution < -0.4 is 10.1 Å². The Morgan fingerprint density at radius 1 is 1.00 bits per heavy atom. The van der Waals surface area contributed by atoms with Gasteiger partial charge in [0.25, 0.3) is 0 Å². The Labute approximate surface area is 208 Å². The van der Waals surface area contributed by atoms with Gasteiger partial charge in [-0.05, 0) is 91.8 Å². The van der Waals surface area contributed by atoms with Crippen molar-refractivity contribution in [2.75, 3.05) is 32.2 Å². The first-order chi connectivity index (χ1) is 16.9. The van der Waals surface area contributed by atoms with E-state index in [1.807, 2.05) is 26.0 Å². The molecule has 2 aromatic carbocycles. The number of benzene rings is 2. The van der Waals surface area contributed by atoms with Crippen molar-refractivity contribution < 1.29 is 19.0 Å². The van der Waals surface area contributed by atoms with Crippen molar-refractivity contribution in [3.8, 4) is 16.9 Å². The highest BCUT2D eigenvalue weighted by Gasteiger charge is 2.10. The van der Waals surface area contributed by atoms with E-state index in [1.165, 1.54) is 34.9 Å². The molecular formula is C29H36N2O4. The third-order valence-corrected chi connectivity index (χ3v) is 5.92. The number of methoxy groups -OCH3 is 1. The maximum absolute atomic E-state index is 11.4. The number of rotatable bonds is 12. The van der Waals surface area contributed by atoms with Gasteiger partial charge in [-0.1, -0.05) is 24.3 Å². The van der Waals surface area contributed by atoms with Crippen LogP contribution in [-0.4, -0.2) is 37.9 Å². The van der Waals surface area contributed by atoms with Crippen molar-refractivity contribution in [2.45, 2.75) is 47.1 Å². The minimum atomic E-state index is -0.208. The first-order valence-electron chi connectivity index (χ1n) is 12.1. The van der Waals surface area contributed by atoms with Gasteiger partial charge in [0.15, 0.2) is 0 Å². The molecule has 6 nitrogen and oxygen atoms in total. The van der Waals surface area contributed by atoms with Gasteiger partial charge in [0.1, 0.15) is 18.2 Å². The number of carbonyl (C=O) groups excluding carboxylic acids is 1. The van der Waals surface area contributed by atoms with Gasteiger partial charge in [0.2, 0.25) is 0 Å². The minimum absolute atomic E-state index is 0.208. The molecule has 0 unspecified atom stereocenters. The molecule has 3 aromatic rings. The molecule has 0 spiro atoms. The third kappa shape index (κ3) is 7.55. The highest BCUT2D eigenvalue weighted by Crippen LogP contribution is 2.31. The van der Waals surface area contributed by atoms with Crippen molar-refractivity contribution in [3.63, 3.8) is 0 Å². The molecule has 0 aliphatic carbocycles. The normalized spacial score (nSPS) is 10.8. The number of aryl methyl sites for hydroxylation is 4. The summed E-state index contributed by atoms with van der Waals surface area (Å²) in [5.74, 6) is 1.48. The molecule has 6 heteroatoms. The lowest BCUT2D eigenvalue weighted by molar-refractivity contribution is -0.140. The summed E-state index contributed by atoms with van der Waals surface area (Å²) in [7, 11) is 1.41. The zero-order valence-corrected chi connectivity index (χ0v) is 21.4. The zero-order valence-electron chi connectivity index (χ0n) is 21.4. The molecule has 1 aromatic heterocycles. The molecular weight excluding hydrogens is 440 g/mol. The number of ether oxygens (including phenoxy) is 3. The van der Waals surface area contributed by atoms with Crippen molar-refractivity contribution in [3.05, 3.63) is 76.5 Å². The maximum Gasteiger partial charge on any atom is 0.305 e. The molecule has 0 atom stereocenters. The molecule has 1 N–H and O–H groups in total. The van der Waals surface area contributed by atoms with Crippen molar-refractivity contribution in [1.29, 1.82) is 0 Å². The molecule has 0 aliphatic rings. The second-order valence-electron chi connectivity index (χ2n) is 8.55. The summed E-state index contributed by atoms with van der Waals surface area (Å²) in [6, 6.07) is 16.7. The summed E-state index contributed by atoms with van der Waals surface area (Å²) in [5.41, 5.74) is 7.92. The number of nitrogens with one attached hydrogen (secondary N) is 1. The second-order valence-corrected chi connectivity index (χ2v) is 8.55. The number of pyridine rings is 1. The van der Waals surface area contributed by atoms with E-state index in [1.54, 1.807) is 0 Å². The Balaban J connectivity index is 1.66. The summed E-state index contributed by atoms with van der Waals surface area (Å²) in [5, 5.41) is 3.42. The lowest BCUT2D eigenvalue weighted by Crippen LogP contribution is -2.07. The quantitative estimate of drug-likeness (QED) is 0.263. The zero-order chi connectivity index (χ0) is 25.2. The van der Waals surface area contributed by atoms with Crippen LogP contribution in [0, 0.1) is 20.8 Å². The first-order valence-corrected chi connectivity index (χ1v) is 12.1. The fourth-order valence-corrected chi connectivity index (χ4v) is 4.15.